The van der Waals surface area contributed by atoms with Crippen molar-refractivity contribution in [3.8, 4) is 0 Å². The highest BCUT2D eigenvalue weighted by molar-refractivity contribution is 7.75. The largest absolute Gasteiger partial charge is 0.389 e. The summed E-state index contributed by atoms with van der Waals surface area (Å²) < 4.78 is 68.5. The van der Waals surface area contributed by atoms with E-state index < -0.39 is 63.7 Å². The molecular formula is C3H10O6Si8. The van der Waals surface area contributed by atoms with E-state index in [0.29, 0.717) is 0 Å². The summed E-state index contributed by atoms with van der Waals surface area (Å²) >= 11 is 0. The van der Waals surface area contributed by atoms with E-state index >= 15 is 0 Å². The van der Waals surface area contributed by atoms with E-state index in [1.54, 1.807) is 13.1 Å². The van der Waals surface area contributed by atoms with Gasteiger partial charge in [0.05, 0.1) is 0 Å². The summed E-state index contributed by atoms with van der Waals surface area (Å²) in [7, 11) is -17.7. The van der Waals surface area contributed by atoms with Crippen molar-refractivity contribution in [3.63, 3.8) is 0 Å². The van der Waals surface area contributed by atoms with Gasteiger partial charge in [0.15, 0.2) is 7.83 Å². The molecular weight excluding hydrogens is 357 g/mol. The minimum atomic E-state index is -2.68. The van der Waals surface area contributed by atoms with E-state index in [-0.39, 0.29) is 0 Å². The average molecular weight is 367 g/mol. The molecule has 90 valence electrons. The highest BCUT2D eigenvalue weighted by atomic mass is 30.0. The lowest BCUT2D eigenvalue weighted by Gasteiger charge is -2.00. The van der Waals surface area contributed by atoms with Crippen molar-refractivity contribution < 1.29 is 26.8 Å². The maximum absolute atomic E-state index is 11.9. The summed E-state index contributed by atoms with van der Waals surface area (Å²) in [4.78, 5) is 0. The minimum Gasteiger partial charge on any atom is -0.389 e. The van der Waals surface area contributed by atoms with Gasteiger partial charge in [-0.2, -0.15) is 0 Å². The van der Waals surface area contributed by atoms with Gasteiger partial charge in [-0.05, 0) is 0 Å². The molecule has 14 heteroatoms. The standard InChI is InChI=1S/C3H10O6Si8/c1-11(2)14(6)17(9)16(8)12(3)15(7)13(5)10-4/h12H,1-3H3. The van der Waals surface area contributed by atoms with Gasteiger partial charge in [0.1, 0.15) is 8.31 Å². The minimum absolute atomic E-state index is 1.13. The maximum atomic E-state index is 11.9. The number of hydrogen-bond donors (Lipinski definition) is 0. The van der Waals surface area contributed by atoms with Crippen LogP contribution in [-0.4, -0.2) is 63.7 Å². The molecule has 17 heavy (non-hydrogen) atoms. The molecule has 0 saturated carbocycles. The Bertz CT molecular complexity index is 413. The molecule has 0 aromatic rings. The molecule has 0 N–H and O–H groups in total. The second-order valence-electron chi connectivity index (χ2n) is 3.54. The first-order chi connectivity index (χ1) is 7.73. The molecule has 2 radical (unpaired) electrons. The molecule has 0 aliphatic rings. The zero-order valence-corrected chi connectivity index (χ0v) is 17.7. The first kappa shape index (κ1) is 17.5. The Morgan fingerprint density at radius 2 is 1.35 bits per heavy atom. The molecule has 0 saturated heterocycles. The van der Waals surface area contributed by atoms with Crippen molar-refractivity contribution >= 4 is 63.7 Å². The Kier molecular flexibility index (Phi) is 8.11. The molecule has 0 bridgehead atoms. The molecule has 1 unspecified atom stereocenters. The van der Waals surface area contributed by atoms with E-state index in [0.717, 1.165) is 0 Å². The van der Waals surface area contributed by atoms with Crippen LogP contribution in [0.4, 0.5) is 0 Å². The van der Waals surface area contributed by atoms with Gasteiger partial charge in [-0.1, -0.05) is 19.6 Å². The predicted octanol–water partition coefficient (Wildman–Crippen LogP) is -2.28. The second kappa shape index (κ2) is 7.86. The SMILES string of the molecule is C[Si](C)[Si](=O)[Si](=O)[Si](=O)[SiH](C)[Si](=O)[Si](=O)[Si]=O. The molecule has 0 aliphatic heterocycles. The van der Waals surface area contributed by atoms with Crippen LogP contribution in [0.5, 0.6) is 0 Å². The molecule has 0 aromatic carbocycles. The van der Waals surface area contributed by atoms with Crippen LogP contribution in [0.1, 0.15) is 0 Å². The van der Waals surface area contributed by atoms with Crippen LogP contribution < -0.4 is 0 Å². The maximum Gasteiger partial charge on any atom is 0.380 e. The highest BCUT2D eigenvalue weighted by Gasteiger charge is 2.42. The van der Waals surface area contributed by atoms with Gasteiger partial charge in [-0.15, -0.1) is 0 Å². The summed E-state index contributed by atoms with van der Waals surface area (Å²) in [6.07, 6.45) is 0. The lowest BCUT2D eigenvalue weighted by atomic mass is 11.9. The zero-order chi connectivity index (χ0) is 13.7. The average Bonchev–Trinajstić information content (AvgIpc) is 2.32. The number of rotatable bonds is 7. The van der Waals surface area contributed by atoms with Gasteiger partial charge in [-0.3, -0.25) is 0 Å². The summed E-state index contributed by atoms with van der Waals surface area (Å²) in [6.45, 7) is 4.95. The molecule has 6 nitrogen and oxygen atoms in total. The van der Waals surface area contributed by atoms with Crippen molar-refractivity contribution in [3.05, 3.63) is 0 Å². The molecule has 0 aromatic heterocycles. The third-order valence-electron chi connectivity index (χ3n) is 1.99. The summed E-state index contributed by atoms with van der Waals surface area (Å²) in [5, 5.41) is 0. The van der Waals surface area contributed by atoms with Crippen molar-refractivity contribution in [2.24, 2.45) is 0 Å². The molecule has 0 fully saturated rings. The van der Waals surface area contributed by atoms with Crippen molar-refractivity contribution in [2.45, 2.75) is 19.6 Å². The van der Waals surface area contributed by atoms with E-state index in [4.69, 9.17) is 0 Å². The lowest BCUT2D eigenvalue weighted by Crippen LogP contribution is -2.52. The fourth-order valence-corrected chi connectivity index (χ4v) is 81.0. The van der Waals surface area contributed by atoms with Crippen molar-refractivity contribution in [1.29, 1.82) is 0 Å². The van der Waals surface area contributed by atoms with E-state index in [2.05, 4.69) is 0 Å². The van der Waals surface area contributed by atoms with Crippen LogP contribution in [0.15, 0.2) is 0 Å². The van der Waals surface area contributed by atoms with E-state index in [1.807, 2.05) is 0 Å². The van der Waals surface area contributed by atoms with Gasteiger partial charge in [-0.25, -0.2) is 0 Å². The summed E-state index contributed by atoms with van der Waals surface area (Å²) in [5.74, 6) is 0. The molecule has 0 spiro atoms. The fraction of sp³-hybridized carbons (Fsp3) is 1.00. The fourth-order valence-electron chi connectivity index (χ4n) is 0.902. The van der Waals surface area contributed by atoms with Gasteiger partial charge < -0.3 is 26.8 Å². The lowest BCUT2D eigenvalue weighted by molar-refractivity contribution is 0.548. The Hall–Kier alpha value is 0.535. The molecule has 0 amide bonds. The van der Waals surface area contributed by atoms with Crippen LogP contribution in [0.3, 0.4) is 0 Å². The Labute approximate surface area is 110 Å². The third kappa shape index (κ3) is 4.96. The summed E-state index contributed by atoms with van der Waals surface area (Å²) in [6, 6.07) is 0. The van der Waals surface area contributed by atoms with Crippen molar-refractivity contribution in [2.75, 3.05) is 0 Å². The molecule has 0 aliphatic carbocycles. The second-order valence-corrected chi connectivity index (χ2v) is 43.4. The van der Waals surface area contributed by atoms with Gasteiger partial charge in [0.25, 0.3) is 0 Å². The predicted molar refractivity (Wildman–Crippen MR) is 69.1 cm³/mol. The molecule has 0 heterocycles. The quantitative estimate of drug-likeness (QED) is 0.471. The smallest absolute Gasteiger partial charge is 0.380 e. The summed E-state index contributed by atoms with van der Waals surface area (Å²) in [5.41, 5.74) is 0. The third-order valence-corrected chi connectivity index (χ3v) is 61.7. The first-order valence-electron chi connectivity index (χ1n) is 4.63. The highest BCUT2D eigenvalue weighted by Crippen LogP contribution is 1.89. The Morgan fingerprint density at radius 3 is 1.71 bits per heavy atom. The first-order valence-corrected chi connectivity index (χ1v) is 24.9. The van der Waals surface area contributed by atoms with Crippen molar-refractivity contribution in [1.82, 2.24) is 0 Å². The Balaban J connectivity index is 4.90. The van der Waals surface area contributed by atoms with Crippen LogP contribution in [-0.2, 0) is 26.8 Å². The zero-order valence-electron chi connectivity index (χ0n) is 9.53. The van der Waals surface area contributed by atoms with Gasteiger partial charge in [0, 0.05) is 0 Å². The van der Waals surface area contributed by atoms with E-state index in [1.165, 1.54) is 6.55 Å². The monoisotopic (exact) mass is 366 g/mol. The van der Waals surface area contributed by atoms with Crippen LogP contribution >= 0.6 is 0 Å². The molecule has 0 rings (SSSR count). The number of hydrogen-bond acceptors (Lipinski definition) is 6. The van der Waals surface area contributed by atoms with Crippen LogP contribution in [0, 0.1) is 0 Å². The normalized spacial score (nSPS) is 11.8. The van der Waals surface area contributed by atoms with Crippen LogP contribution in [0.25, 0.3) is 0 Å². The topological polar surface area (TPSA) is 102 Å². The van der Waals surface area contributed by atoms with Gasteiger partial charge in [0.2, 0.25) is 0 Å². The van der Waals surface area contributed by atoms with Gasteiger partial charge >= 0.3 is 47.5 Å². The van der Waals surface area contributed by atoms with E-state index in [9.17, 15) is 26.8 Å². The Morgan fingerprint density at radius 1 is 0.882 bits per heavy atom. The molecule has 1 atom stereocenters. The van der Waals surface area contributed by atoms with Crippen LogP contribution in [0.2, 0.25) is 19.6 Å².